The van der Waals surface area contributed by atoms with Crippen molar-refractivity contribution in [2.24, 2.45) is 0 Å². The van der Waals surface area contributed by atoms with Gasteiger partial charge in [0.15, 0.2) is 5.82 Å². The van der Waals surface area contributed by atoms with Crippen LogP contribution in [0, 0.1) is 0 Å². The van der Waals surface area contributed by atoms with Crippen molar-refractivity contribution in [2.45, 2.75) is 32.7 Å². The van der Waals surface area contributed by atoms with Gasteiger partial charge in [-0.15, -0.1) is 5.10 Å². The molecule has 1 aliphatic heterocycles. The second-order valence-corrected chi connectivity index (χ2v) is 10.5. The minimum absolute atomic E-state index is 0.377. The molecule has 6 rings (SSSR count). The summed E-state index contributed by atoms with van der Waals surface area (Å²) in [5.41, 5.74) is 6.03. The topological polar surface area (TPSA) is 101 Å². The van der Waals surface area contributed by atoms with Crippen LogP contribution in [-0.4, -0.2) is 72.6 Å². The van der Waals surface area contributed by atoms with Crippen LogP contribution in [0.25, 0.3) is 22.2 Å². The van der Waals surface area contributed by atoms with E-state index in [-0.39, 0.29) is 0 Å². The van der Waals surface area contributed by atoms with E-state index in [4.69, 9.17) is 4.98 Å². The molecule has 1 fully saturated rings. The molecule has 0 amide bonds. The number of aryl methyl sites for hydroxylation is 1. The third kappa shape index (κ3) is 6.07. The lowest BCUT2D eigenvalue weighted by molar-refractivity contribution is 0.249. The molecular weight excluding hydrogens is 500 g/mol. The minimum atomic E-state index is 0.377. The number of anilines is 3. The zero-order valence-electron chi connectivity index (χ0n) is 23.0. The van der Waals surface area contributed by atoms with E-state index in [1.54, 1.807) is 6.20 Å². The largest absolute Gasteiger partial charge is 0.368 e. The van der Waals surface area contributed by atoms with Crippen molar-refractivity contribution >= 4 is 28.4 Å². The third-order valence-electron chi connectivity index (χ3n) is 7.35. The van der Waals surface area contributed by atoms with Gasteiger partial charge in [-0.05, 0) is 54.3 Å². The molecule has 0 aliphatic carbocycles. The van der Waals surface area contributed by atoms with Crippen molar-refractivity contribution < 1.29 is 0 Å². The summed E-state index contributed by atoms with van der Waals surface area (Å²) >= 11 is 0. The maximum Gasteiger partial charge on any atom is 0.154 e. The van der Waals surface area contributed by atoms with E-state index >= 15 is 0 Å². The number of nitrogens with one attached hydrogen (secondary N) is 1. The van der Waals surface area contributed by atoms with Gasteiger partial charge in [0.25, 0.3) is 0 Å². The van der Waals surface area contributed by atoms with Crippen LogP contribution in [0.4, 0.5) is 17.3 Å². The van der Waals surface area contributed by atoms with Gasteiger partial charge in [-0.2, -0.15) is 10.2 Å². The number of nitrogens with zero attached hydrogens (tertiary/aromatic N) is 9. The summed E-state index contributed by atoms with van der Waals surface area (Å²) in [6.45, 7) is 10.4. The average molecular weight is 535 g/mol. The van der Waals surface area contributed by atoms with Crippen LogP contribution < -0.4 is 10.2 Å². The number of rotatable bonds is 9. The lowest BCUT2D eigenvalue weighted by atomic mass is 10.1. The van der Waals surface area contributed by atoms with Crippen LogP contribution in [-0.2, 0) is 6.54 Å². The highest BCUT2D eigenvalue weighted by Gasteiger charge is 2.17. The van der Waals surface area contributed by atoms with Crippen molar-refractivity contribution in [1.29, 1.82) is 0 Å². The summed E-state index contributed by atoms with van der Waals surface area (Å²) in [5.74, 6) is 1.76. The number of aromatic nitrogens is 7. The van der Waals surface area contributed by atoms with Crippen LogP contribution in [0.1, 0.15) is 31.7 Å². The van der Waals surface area contributed by atoms with Gasteiger partial charge >= 0.3 is 0 Å². The van der Waals surface area contributed by atoms with E-state index < -0.39 is 0 Å². The quantitative estimate of drug-likeness (QED) is 0.287. The summed E-state index contributed by atoms with van der Waals surface area (Å²) in [7, 11) is 0. The van der Waals surface area contributed by atoms with Crippen LogP contribution in [0.3, 0.4) is 0 Å². The molecule has 1 saturated heterocycles. The Bertz CT molecular complexity index is 1560. The van der Waals surface area contributed by atoms with E-state index in [0.29, 0.717) is 17.6 Å². The number of fused-ring (bicyclic) bond motifs is 1. The molecule has 6 heterocycles. The van der Waals surface area contributed by atoms with Crippen molar-refractivity contribution in [2.75, 3.05) is 42.9 Å². The normalized spacial score (nSPS) is 14.2. The first-order valence-corrected chi connectivity index (χ1v) is 13.9. The minimum Gasteiger partial charge on any atom is -0.368 e. The first-order valence-electron chi connectivity index (χ1n) is 13.9. The van der Waals surface area contributed by atoms with Gasteiger partial charge in [-0.1, -0.05) is 13.8 Å². The van der Waals surface area contributed by atoms with Gasteiger partial charge < -0.3 is 10.2 Å². The summed E-state index contributed by atoms with van der Waals surface area (Å²) in [4.78, 5) is 18.6. The molecule has 0 spiro atoms. The fourth-order valence-corrected chi connectivity index (χ4v) is 4.99. The summed E-state index contributed by atoms with van der Waals surface area (Å²) < 4.78 is 2.03. The zero-order valence-corrected chi connectivity index (χ0v) is 23.0. The molecule has 0 radical (unpaired) electrons. The molecule has 1 N–H and O–H groups in total. The van der Waals surface area contributed by atoms with E-state index in [1.807, 2.05) is 53.7 Å². The Kier molecular flexibility index (Phi) is 7.58. The Labute approximate surface area is 234 Å². The first-order chi connectivity index (χ1) is 19.6. The Morgan fingerprint density at radius 1 is 0.875 bits per heavy atom. The Hall–Kier alpha value is -4.44. The smallest absolute Gasteiger partial charge is 0.154 e. The molecule has 40 heavy (non-hydrogen) atoms. The molecule has 0 aromatic carbocycles. The van der Waals surface area contributed by atoms with Crippen LogP contribution in [0.2, 0.25) is 0 Å². The van der Waals surface area contributed by atoms with Crippen LogP contribution in [0.15, 0.2) is 73.6 Å². The van der Waals surface area contributed by atoms with Gasteiger partial charge in [-0.25, -0.2) is 4.98 Å². The summed E-state index contributed by atoms with van der Waals surface area (Å²) in [6, 6.07) is 12.1. The molecule has 0 bridgehead atoms. The molecule has 5 aromatic heterocycles. The molecule has 204 valence electrons. The maximum absolute atomic E-state index is 4.78. The van der Waals surface area contributed by atoms with Gasteiger partial charge in [0, 0.05) is 69.0 Å². The second kappa shape index (κ2) is 11.7. The highest BCUT2D eigenvalue weighted by atomic mass is 15.3. The Balaban J connectivity index is 1.05. The molecule has 1 aliphatic rings. The molecule has 5 aromatic rings. The molecule has 0 unspecified atom stereocenters. The number of pyridine rings is 3. The summed E-state index contributed by atoms with van der Waals surface area (Å²) in [5, 5.41) is 16.2. The van der Waals surface area contributed by atoms with E-state index in [9.17, 15) is 0 Å². The van der Waals surface area contributed by atoms with E-state index in [2.05, 4.69) is 72.6 Å². The average Bonchev–Trinajstić information content (AvgIpc) is 3.47. The van der Waals surface area contributed by atoms with Crippen molar-refractivity contribution in [3.05, 3.63) is 79.1 Å². The lowest BCUT2D eigenvalue weighted by Crippen LogP contribution is -2.46. The number of hydrogen-bond acceptors (Lipinski definition) is 9. The molecule has 0 saturated carbocycles. The predicted molar refractivity (Wildman–Crippen MR) is 158 cm³/mol. The fraction of sp³-hybridized carbons (Fsp3) is 0.333. The summed E-state index contributed by atoms with van der Waals surface area (Å²) in [6.07, 6.45) is 12.5. The van der Waals surface area contributed by atoms with Gasteiger partial charge in [0.05, 0.1) is 35.3 Å². The van der Waals surface area contributed by atoms with Crippen molar-refractivity contribution in [1.82, 2.24) is 39.8 Å². The highest BCUT2D eigenvalue weighted by Crippen LogP contribution is 2.24. The Morgan fingerprint density at radius 2 is 1.77 bits per heavy atom. The molecule has 10 nitrogen and oxygen atoms in total. The second-order valence-electron chi connectivity index (χ2n) is 10.5. The zero-order chi connectivity index (χ0) is 27.3. The third-order valence-corrected chi connectivity index (χ3v) is 7.35. The SMILES string of the molecule is CC(C)c1cnnc(Nc2ccc3ncc(-c4cnn(CCCN5CCN(c6cccnc6)CC5)c4)cc3n2)c1. The molecule has 0 atom stereocenters. The predicted octanol–water partition coefficient (Wildman–Crippen LogP) is 4.76. The van der Waals surface area contributed by atoms with Gasteiger partial charge in [0.2, 0.25) is 0 Å². The maximum atomic E-state index is 4.78. The van der Waals surface area contributed by atoms with Crippen LogP contribution >= 0.6 is 0 Å². The van der Waals surface area contributed by atoms with E-state index in [0.717, 1.165) is 73.4 Å². The van der Waals surface area contributed by atoms with Gasteiger partial charge in [0.1, 0.15) is 5.82 Å². The van der Waals surface area contributed by atoms with Crippen molar-refractivity contribution in [3.8, 4) is 11.1 Å². The monoisotopic (exact) mass is 534 g/mol. The standard InChI is InChI=1S/C30H34N10/c1-22(2)23-16-30(37-33-18-23)36-29-7-6-27-28(35-29)15-24(17-32-27)25-19-34-40(21-25)10-4-9-38-11-13-39(14-12-38)26-5-3-8-31-20-26/h3,5-8,15-22H,4,9-14H2,1-2H3,(H,35,36,37). The van der Waals surface area contributed by atoms with Crippen molar-refractivity contribution in [3.63, 3.8) is 0 Å². The Morgan fingerprint density at radius 3 is 2.60 bits per heavy atom. The number of piperazine rings is 1. The first kappa shape index (κ1) is 25.8. The highest BCUT2D eigenvalue weighted by molar-refractivity contribution is 5.81. The van der Waals surface area contributed by atoms with E-state index in [1.165, 1.54) is 5.69 Å². The fourth-order valence-electron chi connectivity index (χ4n) is 4.99. The van der Waals surface area contributed by atoms with Crippen LogP contribution in [0.5, 0.6) is 0 Å². The molecule has 10 heteroatoms. The molecular formula is C30H34N10. The van der Waals surface area contributed by atoms with Gasteiger partial charge in [-0.3, -0.25) is 19.5 Å². The lowest BCUT2D eigenvalue weighted by Gasteiger charge is -2.35. The number of hydrogen-bond donors (Lipinski definition) is 1.